The minimum atomic E-state index is 0.668. The van der Waals surface area contributed by atoms with E-state index in [9.17, 15) is 0 Å². The third-order valence-electron chi connectivity index (χ3n) is 3.73. The van der Waals surface area contributed by atoms with Crippen molar-refractivity contribution in [2.24, 2.45) is 10.9 Å². The molecule has 1 saturated heterocycles. The van der Waals surface area contributed by atoms with Gasteiger partial charge in [-0.15, -0.1) is 0 Å². The largest absolute Gasteiger partial charge is 0.384 e. The van der Waals surface area contributed by atoms with E-state index in [1.165, 1.54) is 25.7 Å². The number of methoxy groups -OCH3 is 1. The lowest BCUT2D eigenvalue weighted by molar-refractivity contribution is 0.157. The second-order valence-corrected chi connectivity index (χ2v) is 5.13. The summed E-state index contributed by atoms with van der Waals surface area (Å²) in [5, 5.41) is 3.59. The van der Waals surface area contributed by atoms with Gasteiger partial charge in [-0.05, 0) is 32.6 Å². The molecule has 2 fully saturated rings. The summed E-state index contributed by atoms with van der Waals surface area (Å²) in [6.07, 6.45) is 5.20. The number of rotatable bonds is 4. The van der Waals surface area contributed by atoms with Crippen molar-refractivity contribution in [3.05, 3.63) is 0 Å². The summed E-state index contributed by atoms with van der Waals surface area (Å²) in [5.41, 5.74) is 0. The van der Waals surface area contributed by atoms with Crippen LogP contribution in [0.2, 0.25) is 0 Å². The highest BCUT2D eigenvalue weighted by Crippen LogP contribution is 2.20. The van der Waals surface area contributed by atoms with Gasteiger partial charge in [-0.25, -0.2) is 0 Å². The van der Waals surface area contributed by atoms with Crippen LogP contribution in [0.25, 0.3) is 0 Å². The highest BCUT2D eigenvalue weighted by atomic mass is 16.5. The van der Waals surface area contributed by atoms with Gasteiger partial charge < -0.3 is 15.0 Å². The fourth-order valence-corrected chi connectivity index (χ4v) is 2.52. The Bertz CT molecular complexity index is 263. The Morgan fingerprint density at radius 1 is 1.41 bits per heavy atom. The fraction of sp³-hybridized carbons (Fsp3) is 0.923. The van der Waals surface area contributed by atoms with Gasteiger partial charge >= 0.3 is 0 Å². The number of hydrogen-bond donors (Lipinski definition) is 1. The molecule has 1 atom stereocenters. The van der Waals surface area contributed by atoms with Gasteiger partial charge in [-0.3, -0.25) is 4.99 Å². The Balaban J connectivity index is 1.85. The smallest absolute Gasteiger partial charge is 0.194 e. The van der Waals surface area contributed by atoms with E-state index >= 15 is 0 Å². The van der Waals surface area contributed by atoms with Crippen LogP contribution in [0, 0.1) is 5.92 Å². The number of nitrogens with zero attached hydrogens (tertiary/aromatic N) is 2. The van der Waals surface area contributed by atoms with E-state index in [2.05, 4.69) is 22.1 Å². The maximum atomic E-state index is 5.24. The minimum absolute atomic E-state index is 0.668. The molecule has 0 spiro atoms. The molecule has 2 aliphatic rings. The lowest BCUT2D eigenvalue weighted by atomic mass is 9.93. The van der Waals surface area contributed by atoms with Crippen LogP contribution in [0.3, 0.4) is 0 Å². The summed E-state index contributed by atoms with van der Waals surface area (Å²) in [6.45, 7) is 6.05. The summed E-state index contributed by atoms with van der Waals surface area (Å²) in [6, 6.07) is 0.668. The molecule has 0 aromatic carbocycles. The van der Waals surface area contributed by atoms with Gasteiger partial charge in [0.15, 0.2) is 5.96 Å². The number of hydrogen-bond acceptors (Lipinski definition) is 2. The van der Waals surface area contributed by atoms with E-state index in [0.29, 0.717) is 12.0 Å². The van der Waals surface area contributed by atoms with Crippen molar-refractivity contribution in [3.8, 4) is 0 Å². The maximum absolute atomic E-state index is 5.24. The van der Waals surface area contributed by atoms with Gasteiger partial charge in [0.1, 0.15) is 0 Å². The van der Waals surface area contributed by atoms with Crippen LogP contribution in [-0.4, -0.2) is 50.3 Å². The first-order chi connectivity index (χ1) is 8.33. The molecule has 1 aliphatic carbocycles. The van der Waals surface area contributed by atoms with E-state index in [0.717, 1.165) is 32.2 Å². The second kappa shape index (κ2) is 6.24. The summed E-state index contributed by atoms with van der Waals surface area (Å²) in [7, 11) is 1.79. The molecular formula is C13H25N3O. The molecule has 1 heterocycles. The maximum Gasteiger partial charge on any atom is 0.194 e. The van der Waals surface area contributed by atoms with E-state index < -0.39 is 0 Å². The molecule has 0 radical (unpaired) electrons. The molecule has 0 amide bonds. The fourth-order valence-electron chi connectivity index (χ4n) is 2.52. The average molecular weight is 239 g/mol. The SMILES string of the molecule is CCN=C(NC1CCC1)N1CCC(COC)C1. The highest BCUT2D eigenvalue weighted by molar-refractivity contribution is 5.80. The summed E-state index contributed by atoms with van der Waals surface area (Å²) in [5.74, 6) is 1.79. The molecule has 1 unspecified atom stereocenters. The zero-order valence-corrected chi connectivity index (χ0v) is 11.1. The van der Waals surface area contributed by atoms with Crippen LogP contribution in [0.15, 0.2) is 4.99 Å². The van der Waals surface area contributed by atoms with Crippen LogP contribution in [-0.2, 0) is 4.74 Å². The third-order valence-corrected chi connectivity index (χ3v) is 3.73. The molecule has 17 heavy (non-hydrogen) atoms. The van der Waals surface area contributed by atoms with Crippen molar-refractivity contribution < 1.29 is 4.74 Å². The highest BCUT2D eigenvalue weighted by Gasteiger charge is 2.27. The minimum Gasteiger partial charge on any atom is -0.384 e. The summed E-state index contributed by atoms with van der Waals surface area (Å²) in [4.78, 5) is 7.01. The molecule has 1 aliphatic heterocycles. The van der Waals surface area contributed by atoms with Gasteiger partial charge in [0.05, 0.1) is 6.61 Å². The van der Waals surface area contributed by atoms with Crippen LogP contribution in [0.1, 0.15) is 32.6 Å². The van der Waals surface area contributed by atoms with Crippen molar-refractivity contribution in [2.75, 3.05) is 33.4 Å². The van der Waals surface area contributed by atoms with E-state index in [1.807, 2.05) is 0 Å². The van der Waals surface area contributed by atoms with Crippen LogP contribution in [0.4, 0.5) is 0 Å². The first kappa shape index (κ1) is 12.7. The molecule has 98 valence electrons. The number of aliphatic imine (C=N–C) groups is 1. The number of guanidine groups is 1. The Kier molecular flexibility index (Phi) is 4.66. The summed E-state index contributed by atoms with van der Waals surface area (Å²) >= 11 is 0. The molecule has 0 bridgehead atoms. The number of nitrogens with one attached hydrogen (secondary N) is 1. The van der Waals surface area contributed by atoms with Gasteiger partial charge in [-0.2, -0.15) is 0 Å². The second-order valence-electron chi connectivity index (χ2n) is 5.13. The molecule has 1 N–H and O–H groups in total. The van der Waals surface area contributed by atoms with E-state index in [-0.39, 0.29) is 0 Å². The van der Waals surface area contributed by atoms with E-state index in [4.69, 9.17) is 4.74 Å². The van der Waals surface area contributed by atoms with Gasteiger partial charge in [0.2, 0.25) is 0 Å². The normalized spacial score (nSPS) is 26.1. The van der Waals surface area contributed by atoms with Gasteiger partial charge in [-0.1, -0.05) is 0 Å². The third kappa shape index (κ3) is 3.35. The van der Waals surface area contributed by atoms with Crippen molar-refractivity contribution in [3.63, 3.8) is 0 Å². The Morgan fingerprint density at radius 2 is 2.24 bits per heavy atom. The predicted octanol–water partition coefficient (Wildman–Crippen LogP) is 1.47. The first-order valence-corrected chi connectivity index (χ1v) is 6.88. The molecule has 0 aromatic heterocycles. The van der Waals surface area contributed by atoms with Gasteiger partial charge in [0, 0.05) is 38.7 Å². The Labute approximate surface area is 104 Å². The standard InChI is InChI=1S/C13H25N3O/c1-3-14-13(15-12-5-4-6-12)16-8-7-11(9-16)10-17-2/h11-12H,3-10H2,1-2H3,(H,14,15). The quantitative estimate of drug-likeness (QED) is 0.596. The van der Waals surface area contributed by atoms with Crippen LogP contribution >= 0.6 is 0 Å². The zero-order chi connectivity index (χ0) is 12.1. The molecule has 1 saturated carbocycles. The molecule has 4 nitrogen and oxygen atoms in total. The van der Waals surface area contributed by atoms with Crippen LogP contribution < -0.4 is 5.32 Å². The Hall–Kier alpha value is -0.770. The van der Waals surface area contributed by atoms with Crippen molar-refractivity contribution in [1.29, 1.82) is 0 Å². The lowest BCUT2D eigenvalue weighted by Gasteiger charge is -2.31. The number of ether oxygens (including phenoxy) is 1. The monoisotopic (exact) mass is 239 g/mol. The first-order valence-electron chi connectivity index (χ1n) is 6.88. The lowest BCUT2D eigenvalue weighted by Crippen LogP contribution is -2.47. The van der Waals surface area contributed by atoms with Crippen LogP contribution in [0.5, 0.6) is 0 Å². The molecule has 2 rings (SSSR count). The molecular weight excluding hydrogens is 214 g/mol. The van der Waals surface area contributed by atoms with E-state index in [1.54, 1.807) is 7.11 Å². The van der Waals surface area contributed by atoms with Crippen molar-refractivity contribution >= 4 is 5.96 Å². The molecule has 0 aromatic rings. The predicted molar refractivity (Wildman–Crippen MR) is 70.3 cm³/mol. The Morgan fingerprint density at radius 3 is 2.82 bits per heavy atom. The topological polar surface area (TPSA) is 36.9 Å². The summed E-state index contributed by atoms with van der Waals surface area (Å²) < 4.78 is 5.24. The average Bonchev–Trinajstić information content (AvgIpc) is 2.70. The zero-order valence-electron chi connectivity index (χ0n) is 11.1. The number of likely N-dealkylation sites (tertiary alicyclic amines) is 1. The van der Waals surface area contributed by atoms with Crippen molar-refractivity contribution in [2.45, 2.75) is 38.6 Å². The van der Waals surface area contributed by atoms with Crippen molar-refractivity contribution in [1.82, 2.24) is 10.2 Å². The van der Waals surface area contributed by atoms with Gasteiger partial charge in [0.25, 0.3) is 0 Å². The molecule has 4 heteroatoms.